The van der Waals surface area contributed by atoms with E-state index in [0.29, 0.717) is 11.4 Å². The minimum absolute atomic E-state index is 0.102. The first-order valence-corrected chi connectivity index (χ1v) is 13.5. The van der Waals surface area contributed by atoms with Crippen molar-refractivity contribution < 1.29 is 17.9 Å². The van der Waals surface area contributed by atoms with Crippen molar-refractivity contribution in [1.29, 1.82) is 0 Å². The fourth-order valence-corrected chi connectivity index (χ4v) is 6.28. The Bertz CT molecular complexity index is 1380. The molecule has 1 amide bonds. The molecule has 6 nitrogen and oxygen atoms in total. The van der Waals surface area contributed by atoms with Gasteiger partial charge in [-0.15, -0.1) is 0 Å². The summed E-state index contributed by atoms with van der Waals surface area (Å²) in [6.45, 7) is 5.64. The van der Waals surface area contributed by atoms with Gasteiger partial charge >= 0.3 is 0 Å². The van der Waals surface area contributed by atoms with E-state index in [-0.39, 0.29) is 23.4 Å². The standard InChI is InChI=1S/C28H30N2O4S/c1-18-7-12-24(13-8-18)35(32,33)30-17-27(34-26-14-9-19(2)15-25(26)30)28(31)29-20(3)22-11-10-21-5-4-6-23(21)16-22/h7-16,20,27H,4-6,17H2,1-3H3,(H,29,31). The number of rotatable bonds is 5. The number of nitrogens with zero attached hydrogens (tertiary/aromatic N) is 1. The lowest BCUT2D eigenvalue weighted by Gasteiger charge is -2.35. The molecule has 3 aromatic carbocycles. The van der Waals surface area contributed by atoms with Crippen molar-refractivity contribution in [1.82, 2.24) is 5.32 Å². The summed E-state index contributed by atoms with van der Waals surface area (Å²) in [5.41, 5.74) is 6.09. The molecule has 0 saturated carbocycles. The van der Waals surface area contributed by atoms with Crippen LogP contribution >= 0.6 is 0 Å². The van der Waals surface area contributed by atoms with E-state index in [9.17, 15) is 13.2 Å². The van der Waals surface area contributed by atoms with Gasteiger partial charge in [-0.25, -0.2) is 8.42 Å². The number of sulfonamides is 1. The quantitative estimate of drug-likeness (QED) is 0.566. The molecule has 0 saturated heterocycles. The van der Waals surface area contributed by atoms with E-state index in [1.807, 2.05) is 26.8 Å². The molecule has 1 aliphatic heterocycles. The number of aryl methyl sites for hydroxylation is 4. The van der Waals surface area contributed by atoms with Crippen LogP contribution in [-0.4, -0.2) is 27.0 Å². The Morgan fingerprint density at radius 2 is 1.69 bits per heavy atom. The first-order valence-electron chi connectivity index (χ1n) is 12.0. The van der Waals surface area contributed by atoms with Crippen LogP contribution in [0.25, 0.3) is 0 Å². The average Bonchev–Trinajstić information content (AvgIpc) is 3.31. The number of hydrogen-bond donors (Lipinski definition) is 1. The van der Waals surface area contributed by atoms with Gasteiger partial charge in [-0.3, -0.25) is 9.10 Å². The number of nitrogens with one attached hydrogen (secondary N) is 1. The van der Waals surface area contributed by atoms with Crippen molar-refractivity contribution in [2.45, 2.75) is 57.1 Å². The first-order chi connectivity index (χ1) is 16.7. The number of amides is 1. The van der Waals surface area contributed by atoms with Crippen LogP contribution in [0.1, 0.15) is 47.2 Å². The molecule has 1 N–H and O–H groups in total. The van der Waals surface area contributed by atoms with Crippen LogP contribution in [0, 0.1) is 13.8 Å². The SMILES string of the molecule is Cc1ccc(S(=O)(=O)N2CC(C(=O)NC(C)c3ccc4c(c3)CCC4)Oc3ccc(C)cc32)cc1. The largest absolute Gasteiger partial charge is 0.476 e. The highest BCUT2D eigenvalue weighted by atomic mass is 32.2. The molecule has 0 aromatic heterocycles. The summed E-state index contributed by atoms with van der Waals surface area (Å²) in [5.74, 6) is 0.0381. The summed E-state index contributed by atoms with van der Waals surface area (Å²) in [4.78, 5) is 13.5. The van der Waals surface area contributed by atoms with Gasteiger partial charge in [-0.05, 0) is 86.6 Å². The Labute approximate surface area is 207 Å². The summed E-state index contributed by atoms with van der Waals surface area (Å²) < 4.78 is 34.6. The molecule has 35 heavy (non-hydrogen) atoms. The van der Waals surface area contributed by atoms with E-state index < -0.39 is 16.1 Å². The Hall–Kier alpha value is -3.32. The predicted molar refractivity (Wildman–Crippen MR) is 136 cm³/mol. The predicted octanol–water partition coefficient (Wildman–Crippen LogP) is 4.63. The lowest BCUT2D eigenvalue weighted by molar-refractivity contribution is -0.128. The van der Waals surface area contributed by atoms with Crippen molar-refractivity contribution in [3.05, 3.63) is 88.5 Å². The normalized spacial score (nSPS) is 17.8. The van der Waals surface area contributed by atoms with Gasteiger partial charge in [-0.1, -0.05) is 42.0 Å². The molecular formula is C28H30N2O4S. The molecule has 7 heteroatoms. The lowest BCUT2D eigenvalue weighted by atomic mass is 10.0. The third-order valence-electron chi connectivity index (χ3n) is 6.87. The third-order valence-corrected chi connectivity index (χ3v) is 8.66. The van der Waals surface area contributed by atoms with Gasteiger partial charge in [0.1, 0.15) is 5.75 Å². The van der Waals surface area contributed by atoms with Crippen LogP contribution in [0.2, 0.25) is 0 Å². The highest BCUT2D eigenvalue weighted by Gasteiger charge is 2.38. The van der Waals surface area contributed by atoms with Crippen LogP contribution in [0.4, 0.5) is 5.69 Å². The molecule has 0 bridgehead atoms. The van der Waals surface area contributed by atoms with E-state index in [4.69, 9.17) is 4.74 Å². The Balaban J connectivity index is 1.42. The van der Waals surface area contributed by atoms with Gasteiger partial charge in [0.25, 0.3) is 15.9 Å². The topological polar surface area (TPSA) is 75.7 Å². The zero-order valence-electron chi connectivity index (χ0n) is 20.2. The number of ether oxygens (including phenoxy) is 1. The zero-order valence-corrected chi connectivity index (χ0v) is 21.1. The van der Waals surface area contributed by atoms with Crippen molar-refractivity contribution >= 4 is 21.6 Å². The van der Waals surface area contributed by atoms with Crippen LogP contribution < -0.4 is 14.4 Å². The summed E-state index contributed by atoms with van der Waals surface area (Å²) in [6.07, 6.45) is 2.37. The highest BCUT2D eigenvalue weighted by molar-refractivity contribution is 7.92. The molecule has 2 aliphatic rings. The number of anilines is 1. The van der Waals surface area contributed by atoms with E-state index in [2.05, 4.69) is 23.5 Å². The molecule has 5 rings (SSSR count). The van der Waals surface area contributed by atoms with Crippen molar-refractivity contribution in [2.24, 2.45) is 0 Å². The Morgan fingerprint density at radius 1 is 0.971 bits per heavy atom. The fourth-order valence-electron chi connectivity index (χ4n) is 4.81. The van der Waals surface area contributed by atoms with Crippen LogP contribution in [-0.2, 0) is 27.7 Å². The van der Waals surface area contributed by atoms with Gasteiger partial charge in [0, 0.05) is 0 Å². The maximum atomic E-state index is 13.6. The minimum atomic E-state index is -3.89. The summed E-state index contributed by atoms with van der Waals surface area (Å²) in [5, 5.41) is 3.03. The van der Waals surface area contributed by atoms with Crippen LogP contribution in [0.3, 0.4) is 0 Å². The third kappa shape index (κ3) is 4.52. The smallest absolute Gasteiger partial charge is 0.264 e. The number of fused-ring (bicyclic) bond motifs is 2. The summed E-state index contributed by atoms with van der Waals surface area (Å²) in [7, 11) is -3.89. The second kappa shape index (κ2) is 9.04. The van der Waals surface area contributed by atoms with E-state index in [1.54, 1.807) is 36.4 Å². The summed E-state index contributed by atoms with van der Waals surface area (Å²) >= 11 is 0. The Kier molecular flexibility index (Phi) is 6.05. The second-order valence-corrected chi connectivity index (χ2v) is 11.4. The van der Waals surface area contributed by atoms with Crippen LogP contribution in [0.5, 0.6) is 5.75 Å². The van der Waals surface area contributed by atoms with Gasteiger partial charge in [-0.2, -0.15) is 0 Å². The summed E-state index contributed by atoms with van der Waals surface area (Å²) in [6, 6.07) is 18.2. The number of benzene rings is 3. The Morgan fingerprint density at radius 3 is 2.46 bits per heavy atom. The highest BCUT2D eigenvalue weighted by Crippen LogP contribution is 2.38. The zero-order chi connectivity index (χ0) is 24.7. The number of carbonyl (C=O) groups is 1. The van der Waals surface area contributed by atoms with E-state index >= 15 is 0 Å². The first kappa shape index (κ1) is 23.4. The minimum Gasteiger partial charge on any atom is -0.476 e. The second-order valence-electron chi connectivity index (χ2n) is 9.54. The molecule has 1 aliphatic carbocycles. The average molecular weight is 491 g/mol. The van der Waals surface area contributed by atoms with Gasteiger partial charge in [0.15, 0.2) is 6.10 Å². The monoisotopic (exact) mass is 490 g/mol. The van der Waals surface area contributed by atoms with E-state index in [1.165, 1.54) is 21.9 Å². The van der Waals surface area contributed by atoms with Crippen molar-refractivity contribution in [3.63, 3.8) is 0 Å². The van der Waals surface area contributed by atoms with E-state index in [0.717, 1.165) is 29.5 Å². The molecule has 0 radical (unpaired) electrons. The molecular weight excluding hydrogens is 460 g/mol. The number of carbonyl (C=O) groups excluding carboxylic acids is 1. The van der Waals surface area contributed by atoms with Crippen LogP contribution in [0.15, 0.2) is 65.6 Å². The molecule has 2 atom stereocenters. The lowest BCUT2D eigenvalue weighted by Crippen LogP contribution is -2.51. The molecule has 1 heterocycles. The van der Waals surface area contributed by atoms with Gasteiger partial charge < -0.3 is 10.1 Å². The molecule has 2 unspecified atom stereocenters. The van der Waals surface area contributed by atoms with Crippen molar-refractivity contribution in [2.75, 3.05) is 10.8 Å². The molecule has 0 fully saturated rings. The van der Waals surface area contributed by atoms with Crippen molar-refractivity contribution in [3.8, 4) is 5.75 Å². The fraction of sp³-hybridized carbons (Fsp3) is 0.321. The van der Waals surface area contributed by atoms with Gasteiger partial charge in [0.05, 0.1) is 23.2 Å². The van der Waals surface area contributed by atoms with Gasteiger partial charge in [0.2, 0.25) is 0 Å². The maximum Gasteiger partial charge on any atom is 0.264 e. The molecule has 3 aromatic rings. The molecule has 0 spiro atoms. The maximum absolute atomic E-state index is 13.6. The molecule has 182 valence electrons. The number of hydrogen-bond acceptors (Lipinski definition) is 4.